The average molecular weight is 486 g/mol. The average Bonchev–Trinajstić information content (AvgIpc) is 3.19. The maximum atomic E-state index is 12.3. The van der Waals surface area contributed by atoms with Crippen LogP contribution in [0.2, 0.25) is 0 Å². The van der Waals surface area contributed by atoms with Crippen LogP contribution in [-0.4, -0.2) is 37.2 Å². The second-order valence-electron chi connectivity index (χ2n) is 7.23. The number of carbonyl (C=O) groups excluding carboxylic acids is 1. The summed E-state index contributed by atoms with van der Waals surface area (Å²) < 4.78 is 5.54. The van der Waals surface area contributed by atoms with Crippen molar-refractivity contribution in [3.05, 3.63) is 35.4 Å². The molecule has 6 nitrogen and oxygen atoms in total. The molecule has 3 rings (SSSR count). The Bertz CT molecular complexity index is 626. The smallest absolute Gasteiger partial charge is 0.251 e. The molecule has 1 unspecified atom stereocenters. The molecule has 1 saturated carbocycles. The van der Waals surface area contributed by atoms with E-state index in [1.165, 1.54) is 19.3 Å². The normalized spacial score (nSPS) is 20.7. The summed E-state index contributed by atoms with van der Waals surface area (Å²) in [7, 11) is 0. The monoisotopic (exact) mass is 486 g/mol. The summed E-state index contributed by atoms with van der Waals surface area (Å²) in [6.45, 7) is 1.84. The van der Waals surface area contributed by atoms with Gasteiger partial charge in [-0.3, -0.25) is 4.79 Å². The van der Waals surface area contributed by atoms with E-state index in [0.29, 0.717) is 30.7 Å². The van der Waals surface area contributed by atoms with E-state index in [9.17, 15) is 4.79 Å². The highest BCUT2D eigenvalue weighted by molar-refractivity contribution is 14.0. The maximum absolute atomic E-state index is 12.3. The molecule has 150 valence electrons. The largest absolute Gasteiger partial charge is 0.376 e. The molecular weight excluding hydrogens is 455 g/mol. The summed E-state index contributed by atoms with van der Waals surface area (Å²) in [6.07, 6.45) is 8.40. The van der Waals surface area contributed by atoms with E-state index >= 15 is 0 Å². The number of amides is 1. The highest BCUT2D eigenvalue weighted by atomic mass is 127. The van der Waals surface area contributed by atoms with E-state index in [-0.39, 0.29) is 36.0 Å². The lowest BCUT2D eigenvalue weighted by Crippen LogP contribution is -2.41. The van der Waals surface area contributed by atoms with Gasteiger partial charge in [0.15, 0.2) is 5.96 Å². The summed E-state index contributed by atoms with van der Waals surface area (Å²) in [5.74, 6) is 0.421. The predicted molar refractivity (Wildman–Crippen MR) is 118 cm³/mol. The van der Waals surface area contributed by atoms with Gasteiger partial charge in [0.05, 0.1) is 12.6 Å². The lowest BCUT2D eigenvalue weighted by Gasteiger charge is -2.23. The molecule has 1 saturated heterocycles. The third-order valence-electron chi connectivity index (χ3n) is 5.09. The molecule has 1 atom stereocenters. The van der Waals surface area contributed by atoms with Crippen LogP contribution in [0.15, 0.2) is 29.3 Å². The molecule has 2 fully saturated rings. The molecule has 7 heteroatoms. The number of ether oxygens (including phenoxy) is 1. The first kappa shape index (κ1) is 21.9. The van der Waals surface area contributed by atoms with E-state index in [1.807, 2.05) is 24.3 Å². The lowest BCUT2D eigenvalue weighted by atomic mass is 9.96. The van der Waals surface area contributed by atoms with Gasteiger partial charge in [0.1, 0.15) is 0 Å². The molecule has 1 heterocycles. The number of halogens is 1. The van der Waals surface area contributed by atoms with Crippen LogP contribution in [0.3, 0.4) is 0 Å². The Morgan fingerprint density at radius 2 is 2.00 bits per heavy atom. The number of guanidine groups is 1. The van der Waals surface area contributed by atoms with Gasteiger partial charge in [0, 0.05) is 24.8 Å². The van der Waals surface area contributed by atoms with Crippen LogP contribution in [-0.2, 0) is 11.3 Å². The molecule has 1 aromatic rings. The number of rotatable bonds is 6. The third kappa shape index (κ3) is 7.29. The first-order valence-corrected chi connectivity index (χ1v) is 9.76. The summed E-state index contributed by atoms with van der Waals surface area (Å²) in [5.41, 5.74) is 7.64. The fourth-order valence-electron chi connectivity index (χ4n) is 3.60. The van der Waals surface area contributed by atoms with Crippen molar-refractivity contribution in [1.29, 1.82) is 0 Å². The van der Waals surface area contributed by atoms with Crippen molar-refractivity contribution < 1.29 is 9.53 Å². The van der Waals surface area contributed by atoms with Crippen LogP contribution < -0.4 is 16.4 Å². The fraction of sp³-hybridized carbons (Fsp3) is 0.600. The quantitative estimate of drug-likeness (QED) is 0.328. The number of nitrogens with two attached hydrogens (primary N) is 1. The van der Waals surface area contributed by atoms with Crippen LogP contribution in [0.5, 0.6) is 0 Å². The molecule has 4 N–H and O–H groups in total. The molecule has 0 radical (unpaired) electrons. The first-order valence-electron chi connectivity index (χ1n) is 9.76. The van der Waals surface area contributed by atoms with Gasteiger partial charge in [0.2, 0.25) is 0 Å². The van der Waals surface area contributed by atoms with Crippen molar-refractivity contribution in [2.45, 2.75) is 63.6 Å². The van der Waals surface area contributed by atoms with E-state index in [1.54, 1.807) is 0 Å². The van der Waals surface area contributed by atoms with E-state index in [2.05, 4.69) is 15.6 Å². The van der Waals surface area contributed by atoms with Crippen LogP contribution in [0, 0.1) is 0 Å². The lowest BCUT2D eigenvalue weighted by molar-refractivity contribution is 0.0857. The van der Waals surface area contributed by atoms with Crippen molar-refractivity contribution in [3.63, 3.8) is 0 Å². The minimum atomic E-state index is -0.0698. The maximum Gasteiger partial charge on any atom is 0.251 e. The van der Waals surface area contributed by atoms with Gasteiger partial charge in [0.25, 0.3) is 5.91 Å². The van der Waals surface area contributed by atoms with Crippen LogP contribution in [0.4, 0.5) is 0 Å². The van der Waals surface area contributed by atoms with Gasteiger partial charge in [-0.15, -0.1) is 24.0 Å². The van der Waals surface area contributed by atoms with Crippen molar-refractivity contribution in [1.82, 2.24) is 10.6 Å². The van der Waals surface area contributed by atoms with Gasteiger partial charge >= 0.3 is 0 Å². The molecule has 1 aliphatic carbocycles. The van der Waals surface area contributed by atoms with Crippen molar-refractivity contribution in [2.75, 3.05) is 13.2 Å². The molecule has 1 amide bonds. The third-order valence-corrected chi connectivity index (χ3v) is 5.09. The van der Waals surface area contributed by atoms with Crippen molar-refractivity contribution in [2.24, 2.45) is 10.7 Å². The zero-order chi connectivity index (χ0) is 18.2. The summed E-state index contributed by atoms with van der Waals surface area (Å²) in [6, 6.07) is 8.00. The Balaban J connectivity index is 0.00000261. The number of nitrogens with zero attached hydrogens (tertiary/aromatic N) is 1. The number of nitrogens with one attached hydrogen (secondary N) is 2. The first-order chi connectivity index (χ1) is 12.7. The van der Waals surface area contributed by atoms with Gasteiger partial charge in [-0.25, -0.2) is 4.99 Å². The molecule has 1 aromatic carbocycles. The Morgan fingerprint density at radius 3 is 2.74 bits per heavy atom. The topological polar surface area (TPSA) is 88.7 Å². The van der Waals surface area contributed by atoms with Crippen molar-refractivity contribution >= 4 is 35.8 Å². The standard InChI is InChI=1S/C20H30N4O2.HI/c21-20(24-17-8-2-1-3-9-17)23-13-15-6-4-7-16(12-15)19(25)22-14-18-10-5-11-26-18;/h4,6-7,12,17-18H,1-3,5,8-11,13-14H2,(H,22,25)(H3,21,23,24);1H. The highest BCUT2D eigenvalue weighted by Gasteiger charge is 2.17. The van der Waals surface area contributed by atoms with Crippen LogP contribution in [0.25, 0.3) is 0 Å². The van der Waals surface area contributed by atoms with Gasteiger partial charge in [-0.1, -0.05) is 31.4 Å². The van der Waals surface area contributed by atoms with Gasteiger partial charge in [-0.2, -0.15) is 0 Å². The zero-order valence-electron chi connectivity index (χ0n) is 15.8. The summed E-state index contributed by atoms with van der Waals surface area (Å²) in [4.78, 5) is 16.7. The number of hydrogen-bond donors (Lipinski definition) is 3. The fourth-order valence-corrected chi connectivity index (χ4v) is 3.60. The number of benzene rings is 1. The number of hydrogen-bond acceptors (Lipinski definition) is 3. The Labute approximate surface area is 178 Å². The molecule has 0 spiro atoms. The van der Waals surface area contributed by atoms with Gasteiger partial charge in [-0.05, 0) is 43.4 Å². The van der Waals surface area contributed by atoms with Crippen molar-refractivity contribution in [3.8, 4) is 0 Å². The molecule has 1 aliphatic heterocycles. The van der Waals surface area contributed by atoms with E-state index in [0.717, 1.165) is 37.9 Å². The molecule has 0 aromatic heterocycles. The molecule has 27 heavy (non-hydrogen) atoms. The van der Waals surface area contributed by atoms with Gasteiger partial charge < -0.3 is 21.1 Å². The Kier molecular flexibility index (Phi) is 9.33. The minimum absolute atomic E-state index is 0. The summed E-state index contributed by atoms with van der Waals surface area (Å²) >= 11 is 0. The molecule has 0 bridgehead atoms. The second kappa shape index (κ2) is 11.5. The second-order valence-corrected chi connectivity index (χ2v) is 7.23. The van der Waals surface area contributed by atoms with Crippen LogP contribution in [0.1, 0.15) is 60.9 Å². The zero-order valence-corrected chi connectivity index (χ0v) is 18.1. The molecular formula is C20H31IN4O2. The van der Waals surface area contributed by atoms with E-state index < -0.39 is 0 Å². The number of aliphatic imine (C=N–C) groups is 1. The molecule has 2 aliphatic rings. The highest BCUT2D eigenvalue weighted by Crippen LogP contribution is 2.17. The van der Waals surface area contributed by atoms with Crippen LogP contribution >= 0.6 is 24.0 Å². The summed E-state index contributed by atoms with van der Waals surface area (Å²) in [5, 5.41) is 6.26. The van der Waals surface area contributed by atoms with E-state index in [4.69, 9.17) is 10.5 Å². The Hall–Kier alpha value is -1.35. The Morgan fingerprint density at radius 1 is 1.19 bits per heavy atom. The minimum Gasteiger partial charge on any atom is -0.376 e. The number of carbonyl (C=O) groups is 1. The predicted octanol–water partition coefficient (Wildman–Crippen LogP) is 2.95. The SMILES string of the molecule is I.NC(=NCc1cccc(C(=O)NCC2CCCO2)c1)NC1CCCCC1.